The summed E-state index contributed by atoms with van der Waals surface area (Å²) in [5.41, 5.74) is 1.76. The molecule has 0 atom stereocenters. The zero-order valence-electron chi connectivity index (χ0n) is 15.0. The maximum absolute atomic E-state index is 12.2. The summed E-state index contributed by atoms with van der Waals surface area (Å²) in [5, 5.41) is 17.1. The van der Waals surface area contributed by atoms with E-state index in [0.717, 1.165) is 42.7 Å². The summed E-state index contributed by atoms with van der Waals surface area (Å²) in [6.07, 6.45) is 1.61. The van der Waals surface area contributed by atoms with Crippen molar-refractivity contribution in [2.24, 2.45) is 0 Å². The third-order valence-electron chi connectivity index (χ3n) is 4.84. The molecule has 0 bridgehead atoms. The van der Waals surface area contributed by atoms with Crippen molar-refractivity contribution in [2.45, 2.75) is 25.8 Å². The van der Waals surface area contributed by atoms with Crippen molar-refractivity contribution in [3.05, 3.63) is 53.4 Å². The Balaban J connectivity index is 1.44. The molecule has 1 aromatic carbocycles. The minimum absolute atomic E-state index is 0.0849. The second kappa shape index (κ2) is 7.08. The number of hydrogen-bond donors (Lipinski definition) is 1. The zero-order valence-corrected chi connectivity index (χ0v) is 15.0. The minimum Gasteiger partial charge on any atom is -0.361 e. The summed E-state index contributed by atoms with van der Waals surface area (Å²) < 4.78 is 4.95. The largest absolute Gasteiger partial charge is 0.361 e. The SMILES string of the molecule is Cc1cc(C(=O)NC2CCN(c3cc(C#N)c4ccccc4n3)CC2)no1. The molecule has 27 heavy (non-hydrogen) atoms. The molecule has 1 N–H and O–H groups in total. The molecule has 2 aromatic heterocycles. The number of anilines is 1. The lowest BCUT2D eigenvalue weighted by atomic mass is 10.0. The molecule has 4 rings (SSSR count). The van der Waals surface area contributed by atoms with E-state index in [1.807, 2.05) is 30.3 Å². The van der Waals surface area contributed by atoms with Crippen molar-refractivity contribution in [3.8, 4) is 6.07 Å². The van der Waals surface area contributed by atoms with Crippen molar-refractivity contribution >= 4 is 22.6 Å². The number of carbonyl (C=O) groups excluding carboxylic acids is 1. The first-order valence-corrected chi connectivity index (χ1v) is 8.93. The van der Waals surface area contributed by atoms with Gasteiger partial charge in [0.15, 0.2) is 5.69 Å². The zero-order chi connectivity index (χ0) is 18.8. The normalized spacial score (nSPS) is 14.9. The Kier molecular flexibility index (Phi) is 4.47. The van der Waals surface area contributed by atoms with Crippen LogP contribution in [0.25, 0.3) is 10.9 Å². The van der Waals surface area contributed by atoms with E-state index >= 15 is 0 Å². The molecule has 0 aliphatic carbocycles. The maximum Gasteiger partial charge on any atom is 0.273 e. The van der Waals surface area contributed by atoms with Crippen molar-refractivity contribution in [1.82, 2.24) is 15.5 Å². The molecular weight excluding hydrogens is 342 g/mol. The molecule has 0 spiro atoms. The second-order valence-electron chi connectivity index (χ2n) is 6.71. The fourth-order valence-corrected chi connectivity index (χ4v) is 3.40. The predicted molar refractivity (Wildman–Crippen MR) is 100 cm³/mol. The number of nitriles is 1. The Labute approximate surface area is 156 Å². The Bertz CT molecular complexity index is 1030. The first-order chi connectivity index (χ1) is 13.1. The highest BCUT2D eigenvalue weighted by molar-refractivity contribution is 5.92. The lowest BCUT2D eigenvalue weighted by molar-refractivity contribution is 0.0922. The molecule has 1 fully saturated rings. The van der Waals surface area contributed by atoms with E-state index in [1.54, 1.807) is 13.0 Å². The summed E-state index contributed by atoms with van der Waals surface area (Å²) in [6.45, 7) is 3.28. The fourth-order valence-electron chi connectivity index (χ4n) is 3.40. The number of aryl methyl sites for hydroxylation is 1. The number of amides is 1. The molecule has 1 amide bonds. The van der Waals surface area contributed by atoms with E-state index in [4.69, 9.17) is 9.51 Å². The van der Waals surface area contributed by atoms with Gasteiger partial charge in [-0.3, -0.25) is 4.79 Å². The summed E-state index contributed by atoms with van der Waals surface area (Å²) in [6, 6.07) is 13.5. The van der Waals surface area contributed by atoms with Gasteiger partial charge >= 0.3 is 0 Å². The quantitative estimate of drug-likeness (QED) is 0.771. The van der Waals surface area contributed by atoms with Crippen molar-refractivity contribution in [2.75, 3.05) is 18.0 Å². The third kappa shape index (κ3) is 3.47. The molecule has 7 heteroatoms. The number of carbonyl (C=O) groups is 1. The van der Waals surface area contributed by atoms with Crippen LogP contribution in [0, 0.1) is 18.3 Å². The molecule has 0 unspecified atom stereocenters. The summed E-state index contributed by atoms with van der Waals surface area (Å²) in [7, 11) is 0. The molecule has 0 radical (unpaired) electrons. The van der Waals surface area contributed by atoms with Crippen LogP contribution in [0.2, 0.25) is 0 Å². The van der Waals surface area contributed by atoms with E-state index in [1.165, 1.54) is 0 Å². The second-order valence-corrected chi connectivity index (χ2v) is 6.71. The number of pyridine rings is 1. The Morgan fingerprint density at radius 1 is 1.30 bits per heavy atom. The molecule has 0 saturated carbocycles. The van der Waals surface area contributed by atoms with E-state index in [9.17, 15) is 10.1 Å². The lowest BCUT2D eigenvalue weighted by Crippen LogP contribution is -2.45. The number of para-hydroxylation sites is 1. The summed E-state index contributed by atoms with van der Waals surface area (Å²) in [4.78, 5) is 19.1. The van der Waals surface area contributed by atoms with E-state index in [2.05, 4.69) is 21.4 Å². The first kappa shape index (κ1) is 17.0. The van der Waals surface area contributed by atoms with Gasteiger partial charge in [0.05, 0.1) is 17.1 Å². The van der Waals surface area contributed by atoms with Crippen LogP contribution in [-0.4, -0.2) is 35.2 Å². The Hall–Kier alpha value is -3.40. The molecule has 1 saturated heterocycles. The van der Waals surface area contributed by atoms with Gasteiger partial charge in [-0.25, -0.2) is 4.98 Å². The van der Waals surface area contributed by atoms with Crippen molar-refractivity contribution < 1.29 is 9.32 Å². The number of nitrogens with one attached hydrogen (secondary N) is 1. The van der Waals surface area contributed by atoms with Crippen LogP contribution in [0.15, 0.2) is 40.9 Å². The number of benzene rings is 1. The van der Waals surface area contributed by atoms with Crippen LogP contribution in [0.3, 0.4) is 0 Å². The number of piperidine rings is 1. The fraction of sp³-hybridized carbons (Fsp3) is 0.300. The molecule has 7 nitrogen and oxygen atoms in total. The highest BCUT2D eigenvalue weighted by Gasteiger charge is 2.23. The third-order valence-corrected chi connectivity index (χ3v) is 4.84. The van der Waals surface area contributed by atoms with Crippen LogP contribution >= 0.6 is 0 Å². The topological polar surface area (TPSA) is 95.1 Å². The number of nitrogens with zero attached hydrogens (tertiary/aromatic N) is 4. The molecule has 3 aromatic rings. The van der Waals surface area contributed by atoms with Crippen molar-refractivity contribution in [3.63, 3.8) is 0 Å². The predicted octanol–water partition coefficient (Wildman–Crippen LogP) is 2.80. The molecular formula is C20H19N5O2. The highest BCUT2D eigenvalue weighted by atomic mass is 16.5. The minimum atomic E-state index is -0.208. The average molecular weight is 361 g/mol. The van der Waals surface area contributed by atoms with Crippen LogP contribution < -0.4 is 10.2 Å². The standard InChI is InChI=1S/C20H19N5O2/c1-13-10-18(24-27-13)20(26)22-15-6-8-25(9-7-15)19-11-14(12-21)16-4-2-3-5-17(16)23-19/h2-5,10-11,15H,6-9H2,1H3,(H,22,26). The van der Waals surface area contributed by atoms with Crippen LogP contribution in [0.1, 0.15) is 34.7 Å². The number of rotatable bonds is 3. The van der Waals surface area contributed by atoms with Gasteiger partial charge in [-0.2, -0.15) is 5.26 Å². The Morgan fingerprint density at radius 2 is 2.07 bits per heavy atom. The highest BCUT2D eigenvalue weighted by Crippen LogP contribution is 2.25. The number of fused-ring (bicyclic) bond motifs is 1. The number of aromatic nitrogens is 2. The van der Waals surface area contributed by atoms with Gasteiger partial charge in [0.25, 0.3) is 5.91 Å². The van der Waals surface area contributed by atoms with Gasteiger partial charge in [0, 0.05) is 30.6 Å². The van der Waals surface area contributed by atoms with Crippen LogP contribution in [0.4, 0.5) is 5.82 Å². The van der Waals surface area contributed by atoms with Crippen molar-refractivity contribution in [1.29, 1.82) is 5.26 Å². The smallest absolute Gasteiger partial charge is 0.273 e. The van der Waals surface area contributed by atoms with Crippen LogP contribution in [-0.2, 0) is 0 Å². The molecule has 1 aliphatic rings. The van der Waals surface area contributed by atoms with Gasteiger partial charge in [-0.05, 0) is 31.9 Å². The van der Waals surface area contributed by atoms with Crippen LogP contribution in [0.5, 0.6) is 0 Å². The van der Waals surface area contributed by atoms with E-state index < -0.39 is 0 Å². The molecule has 1 aliphatic heterocycles. The van der Waals surface area contributed by atoms with E-state index in [0.29, 0.717) is 17.0 Å². The Morgan fingerprint density at radius 3 is 2.78 bits per heavy atom. The van der Waals surface area contributed by atoms with Gasteiger partial charge < -0.3 is 14.7 Å². The average Bonchev–Trinajstić information content (AvgIpc) is 3.14. The first-order valence-electron chi connectivity index (χ1n) is 8.93. The monoisotopic (exact) mass is 361 g/mol. The summed E-state index contributed by atoms with van der Waals surface area (Å²) >= 11 is 0. The maximum atomic E-state index is 12.2. The van der Waals surface area contributed by atoms with Gasteiger partial charge in [0.2, 0.25) is 0 Å². The van der Waals surface area contributed by atoms with Gasteiger partial charge in [-0.1, -0.05) is 23.4 Å². The van der Waals surface area contributed by atoms with E-state index in [-0.39, 0.29) is 11.9 Å². The number of hydrogen-bond acceptors (Lipinski definition) is 6. The molecule has 136 valence electrons. The van der Waals surface area contributed by atoms with Gasteiger partial charge in [-0.15, -0.1) is 0 Å². The lowest BCUT2D eigenvalue weighted by Gasteiger charge is -2.33. The summed E-state index contributed by atoms with van der Waals surface area (Å²) in [5.74, 6) is 1.22. The molecule has 3 heterocycles. The van der Waals surface area contributed by atoms with Gasteiger partial charge in [0.1, 0.15) is 11.6 Å².